The van der Waals surface area contributed by atoms with Gasteiger partial charge < -0.3 is 4.74 Å². The van der Waals surface area contributed by atoms with Gasteiger partial charge in [0.1, 0.15) is 12.4 Å². The number of nitrogens with zero attached hydrogens (tertiary/aromatic N) is 1. The molecule has 1 aliphatic heterocycles. The van der Waals surface area contributed by atoms with Crippen LogP contribution in [0.5, 0.6) is 0 Å². The Hall–Kier alpha value is -1.56. The minimum absolute atomic E-state index is 0.122. The Bertz CT molecular complexity index is 506. The lowest BCUT2D eigenvalue weighted by Crippen LogP contribution is -2.30. The highest BCUT2D eigenvalue weighted by atomic mass is 32.2. The average Bonchev–Trinajstić information content (AvgIpc) is 2.61. The molecule has 1 unspecified atom stereocenters. The Morgan fingerprint density at radius 3 is 2.78 bits per heavy atom. The zero-order chi connectivity index (χ0) is 13.3. The quantitative estimate of drug-likeness (QED) is 0.774. The van der Waals surface area contributed by atoms with Crippen LogP contribution in [-0.2, 0) is 9.53 Å². The minimum atomic E-state index is -0.514. The van der Waals surface area contributed by atoms with E-state index in [1.165, 1.54) is 24.0 Å². The van der Waals surface area contributed by atoms with Crippen LogP contribution in [0.25, 0.3) is 0 Å². The number of amides is 1. The first-order chi connectivity index (χ1) is 8.49. The molecule has 1 atom stereocenters. The van der Waals surface area contributed by atoms with E-state index < -0.39 is 11.9 Å². The topological polar surface area (TPSA) is 46.6 Å². The summed E-state index contributed by atoms with van der Waals surface area (Å²) < 4.78 is 18.6. The van der Waals surface area contributed by atoms with Gasteiger partial charge in [-0.1, -0.05) is 0 Å². The molecule has 18 heavy (non-hydrogen) atoms. The van der Waals surface area contributed by atoms with Gasteiger partial charge in [-0.15, -0.1) is 0 Å². The molecule has 1 heterocycles. The molecule has 0 bridgehead atoms. The fourth-order valence-electron chi connectivity index (χ4n) is 1.75. The molecule has 4 nitrogen and oxygen atoms in total. The Balaban J connectivity index is 2.28. The number of ether oxygens (including phenoxy) is 1. The minimum Gasteiger partial charge on any atom is -0.447 e. The molecule has 0 aromatic heterocycles. The number of cyclic esters (lactones) is 1. The molecule has 1 aliphatic rings. The van der Waals surface area contributed by atoms with Crippen molar-refractivity contribution >= 4 is 28.7 Å². The zero-order valence-electron chi connectivity index (χ0n) is 9.97. The second kappa shape index (κ2) is 4.97. The van der Waals surface area contributed by atoms with E-state index in [0.717, 1.165) is 11.8 Å². The summed E-state index contributed by atoms with van der Waals surface area (Å²) in [5.41, 5.74) is 0.440. The van der Waals surface area contributed by atoms with Gasteiger partial charge in [0, 0.05) is 6.92 Å². The Morgan fingerprint density at radius 1 is 1.56 bits per heavy atom. The Morgan fingerprint density at radius 2 is 2.28 bits per heavy atom. The van der Waals surface area contributed by atoms with Crippen LogP contribution >= 0.6 is 11.8 Å². The maximum atomic E-state index is 13.8. The standard InChI is InChI=1S/C12H12FNO3S/c1-7-6-17-12(16)14(7)9-3-4-11(10(13)5-9)18-8(2)15/h3-5,7H,6H2,1-2H3. The largest absolute Gasteiger partial charge is 0.447 e. The molecule has 1 aromatic rings. The van der Waals surface area contributed by atoms with Crippen molar-refractivity contribution in [3.8, 4) is 0 Å². The van der Waals surface area contributed by atoms with Crippen LogP contribution in [0.3, 0.4) is 0 Å². The second-order valence-corrected chi connectivity index (χ2v) is 5.22. The number of hydrogen-bond acceptors (Lipinski definition) is 4. The number of anilines is 1. The number of rotatable bonds is 2. The summed E-state index contributed by atoms with van der Waals surface area (Å²) in [7, 11) is 0. The van der Waals surface area contributed by atoms with Crippen molar-refractivity contribution < 1.29 is 18.7 Å². The molecule has 6 heteroatoms. The van der Waals surface area contributed by atoms with Gasteiger partial charge in [-0.25, -0.2) is 9.18 Å². The van der Waals surface area contributed by atoms with Crippen molar-refractivity contribution in [2.75, 3.05) is 11.5 Å². The number of benzene rings is 1. The highest BCUT2D eigenvalue weighted by Gasteiger charge is 2.31. The van der Waals surface area contributed by atoms with Crippen molar-refractivity contribution in [2.45, 2.75) is 24.8 Å². The number of carbonyl (C=O) groups is 2. The molecule has 0 spiro atoms. The average molecular weight is 269 g/mol. The number of halogens is 1. The molecule has 0 saturated carbocycles. The van der Waals surface area contributed by atoms with Crippen LogP contribution in [-0.4, -0.2) is 23.9 Å². The molecule has 0 aliphatic carbocycles. The summed E-state index contributed by atoms with van der Waals surface area (Å²) in [5.74, 6) is -0.514. The molecule has 0 radical (unpaired) electrons. The van der Waals surface area contributed by atoms with Crippen molar-refractivity contribution in [3.63, 3.8) is 0 Å². The molecular weight excluding hydrogens is 257 g/mol. The van der Waals surface area contributed by atoms with Crippen LogP contribution in [0.15, 0.2) is 23.1 Å². The maximum Gasteiger partial charge on any atom is 0.414 e. The molecule has 1 amide bonds. The maximum absolute atomic E-state index is 13.8. The van der Waals surface area contributed by atoms with Gasteiger partial charge in [-0.3, -0.25) is 9.69 Å². The SMILES string of the molecule is CC(=O)Sc1ccc(N2C(=O)OCC2C)cc1F. The number of thioether (sulfide) groups is 1. The van der Waals surface area contributed by atoms with E-state index in [-0.39, 0.29) is 16.1 Å². The first kappa shape index (κ1) is 12.9. The van der Waals surface area contributed by atoms with Crippen LogP contribution in [0.2, 0.25) is 0 Å². The van der Waals surface area contributed by atoms with Crippen molar-refractivity contribution in [3.05, 3.63) is 24.0 Å². The third kappa shape index (κ3) is 2.48. The summed E-state index contributed by atoms with van der Waals surface area (Å²) in [6, 6.07) is 4.23. The van der Waals surface area contributed by atoms with E-state index in [2.05, 4.69) is 0 Å². The predicted octanol–water partition coefficient (Wildman–Crippen LogP) is 2.81. The number of carbonyl (C=O) groups excluding carboxylic acids is 2. The van der Waals surface area contributed by atoms with E-state index in [1.54, 1.807) is 6.07 Å². The summed E-state index contributed by atoms with van der Waals surface area (Å²) in [5, 5.41) is -0.185. The molecule has 1 saturated heterocycles. The van der Waals surface area contributed by atoms with E-state index in [4.69, 9.17) is 4.74 Å². The smallest absolute Gasteiger partial charge is 0.414 e. The highest BCUT2D eigenvalue weighted by molar-refractivity contribution is 8.13. The lowest BCUT2D eigenvalue weighted by atomic mass is 10.2. The molecule has 1 fully saturated rings. The first-order valence-corrected chi connectivity index (χ1v) is 6.24. The number of hydrogen-bond donors (Lipinski definition) is 0. The van der Waals surface area contributed by atoms with Gasteiger partial charge in [0.2, 0.25) is 0 Å². The van der Waals surface area contributed by atoms with Crippen LogP contribution in [0.1, 0.15) is 13.8 Å². The first-order valence-electron chi connectivity index (χ1n) is 5.43. The van der Waals surface area contributed by atoms with Crippen LogP contribution < -0.4 is 4.90 Å². The summed E-state index contributed by atoms with van der Waals surface area (Å²) in [4.78, 5) is 24.1. The van der Waals surface area contributed by atoms with Gasteiger partial charge in [-0.2, -0.15) is 0 Å². The highest BCUT2D eigenvalue weighted by Crippen LogP contribution is 2.29. The van der Waals surface area contributed by atoms with Gasteiger partial charge in [0.15, 0.2) is 5.12 Å². The van der Waals surface area contributed by atoms with E-state index in [9.17, 15) is 14.0 Å². The molecular formula is C12H12FNO3S. The molecule has 1 aromatic carbocycles. The normalized spacial score (nSPS) is 18.9. The fourth-order valence-corrected chi connectivity index (χ4v) is 2.36. The monoisotopic (exact) mass is 269 g/mol. The van der Waals surface area contributed by atoms with Gasteiger partial charge >= 0.3 is 6.09 Å². The Labute approximate surface area is 108 Å². The van der Waals surface area contributed by atoms with E-state index >= 15 is 0 Å². The predicted molar refractivity (Wildman–Crippen MR) is 66.2 cm³/mol. The van der Waals surface area contributed by atoms with Crippen molar-refractivity contribution in [2.24, 2.45) is 0 Å². The van der Waals surface area contributed by atoms with Crippen molar-refractivity contribution in [1.82, 2.24) is 0 Å². The summed E-state index contributed by atoms with van der Waals surface area (Å²) in [6.07, 6.45) is -0.478. The third-order valence-electron chi connectivity index (χ3n) is 2.53. The van der Waals surface area contributed by atoms with Crippen molar-refractivity contribution in [1.29, 1.82) is 0 Å². The third-order valence-corrected chi connectivity index (χ3v) is 3.37. The summed E-state index contributed by atoms with van der Waals surface area (Å²) >= 11 is 0.829. The second-order valence-electron chi connectivity index (χ2n) is 4.00. The molecule has 0 N–H and O–H groups in total. The van der Waals surface area contributed by atoms with Gasteiger partial charge in [-0.05, 0) is 36.9 Å². The van der Waals surface area contributed by atoms with Gasteiger partial charge in [0.05, 0.1) is 16.6 Å². The van der Waals surface area contributed by atoms with Crippen LogP contribution in [0, 0.1) is 5.82 Å². The fraction of sp³-hybridized carbons (Fsp3) is 0.333. The van der Waals surface area contributed by atoms with Crippen LogP contribution in [0.4, 0.5) is 14.9 Å². The molecule has 2 rings (SSSR count). The lowest BCUT2D eigenvalue weighted by molar-refractivity contribution is -0.109. The Kier molecular flexibility index (Phi) is 3.56. The lowest BCUT2D eigenvalue weighted by Gasteiger charge is -2.18. The van der Waals surface area contributed by atoms with Gasteiger partial charge in [0.25, 0.3) is 0 Å². The van der Waals surface area contributed by atoms with E-state index in [1.807, 2.05) is 6.92 Å². The zero-order valence-corrected chi connectivity index (χ0v) is 10.8. The molecule has 96 valence electrons. The van der Waals surface area contributed by atoms with E-state index in [0.29, 0.717) is 12.3 Å². The summed E-state index contributed by atoms with van der Waals surface area (Å²) in [6.45, 7) is 3.49.